The minimum atomic E-state index is -0.499. The number of halogens is 4. The predicted molar refractivity (Wildman–Crippen MR) is 104 cm³/mol. The Hall–Kier alpha value is -1.57. The maximum absolute atomic E-state index is 12.1. The van der Waals surface area contributed by atoms with Gasteiger partial charge in [0.15, 0.2) is 0 Å². The lowest BCUT2D eigenvalue weighted by Gasteiger charge is -2.07. The zero-order valence-electron chi connectivity index (χ0n) is 12.2. The van der Waals surface area contributed by atoms with Crippen molar-refractivity contribution in [1.82, 2.24) is 10.2 Å². The smallest absolute Gasteiger partial charge is 0.306 e. The average molecular weight is 434 g/mol. The number of aromatic nitrogens is 2. The third-order valence-electron chi connectivity index (χ3n) is 2.99. The summed E-state index contributed by atoms with van der Waals surface area (Å²) in [6, 6.07) is 9.38. The van der Waals surface area contributed by atoms with Crippen LogP contribution < -0.4 is 10.6 Å². The van der Waals surface area contributed by atoms with Crippen LogP contribution in [-0.2, 0) is 0 Å². The molecule has 0 aliphatic rings. The van der Waals surface area contributed by atoms with Crippen LogP contribution in [-0.4, -0.2) is 16.2 Å². The molecule has 0 radical (unpaired) electrons. The Kier molecular flexibility index (Phi) is 5.66. The first-order valence-electron chi connectivity index (χ1n) is 6.74. The highest BCUT2D eigenvalue weighted by atomic mass is 35.5. The molecule has 5 nitrogen and oxygen atoms in total. The van der Waals surface area contributed by atoms with E-state index in [9.17, 15) is 4.79 Å². The standard InChI is InChI=1S/C15H8Cl4N4OS/c16-8-2-4-12(11(19)6-8)20-14(24)21-15-23-22-13(25-15)7-1-3-9(17)10(18)5-7/h1-6H,(H2,20,21,23,24). The molecule has 0 fully saturated rings. The van der Waals surface area contributed by atoms with E-state index in [4.69, 9.17) is 46.4 Å². The molecule has 0 spiro atoms. The van der Waals surface area contributed by atoms with E-state index in [1.54, 1.807) is 30.3 Å². The number of carbonyl (C=O) groups is 1. The Morgan fingerprint density at radius 1 is 0.880 bits per heavy atom. The molecule has 1 heterocycles. The second-order valence-electron chi connectivity index (χ2n) is 4.74. The molecule has 2 aromatic carbocycles. The van der Waals surface area contributed by atoms with Crippen LogP contribution >= 0.6 is 57.7 Å². The molecule has 0 saturated heterocycles. The molecule has 2 N–H and O–H groups in total. The molecule has 0 aliphatic heterocycles. The third-order valence-corrected chi connectivity index (χ3v) is 5.17. The van der Waals surface area contributed by atoms with Gasteiger partial charge in [-0.05, 0) is 30.3 Å². The third kappa shape index (κ3) is 4.54. The summed E-state index contributed by atoms with van der Waals surface area (Å²) in [7, 11) is 0. The summed E-state index contributed by atoms with van der Waals surface area (Å²) in [5.74, 6) is 0. The van der Waals surface area contributed by atoms with E-state index in [1.807, 2.05) is 0 Å². The monoisotopic (exact) mass is 432 g/mol. The van der Waals surface area contributed by atoms with E-state index in [0.717, 1.165) is 5.56 Å². The lowest BCUT2D eigenvalue weighted by Crippen LogP contribution is -2.19. The number of hydrogen-bond acceptors (Lipinski definition) is 4. The summed E-state index contributed by atoms with van der Waals surface area (Å²) < 4.78 is 0. The fourth-order valence-electron chi connectivity index (χ4n) is 1.86. The van der Waals surface area contributed by atoms with Gasteiger partial charge in [-0.25, -0.2) is 4.79 Å². The summed E-state index contributed by atoms with van der Waals surface area (Å²) >= 11 is 24.9. The Labute approximate surface area is 166 Å². The van der Waals surface area contributed by atoms with Gasteiger partial charge in [-0.3, -0.25) is 5.32 Å². The highest BCUT2D eigenvalue weighted by molar-refractivity contribution is 7.18. The van der Waals surface area contributed by atoms with Gasteiger partial charge in [0.1, 0.15) is 5.01 Å². The minimum Gasteiger partial charge on any atom is -0.306 e. The van der Waals surface area contributed by atoms with Crippen LogP contribution in [0.15, 0.2) is 36.4 Å². The van der Waals surface area contributed by atoms with Crippen molar-refractivity contribution in [3.05, 3.63) is 56.5 Å². The van der Waals surface area contributed by atoms with Crippen LogP contribution in [0, 0.1) is 0 Å². The van der Waals surface area contributed by atoms with Crippen molar-refractivity contribution in [3.63, 3.8) is 0 Å². The number of nitrogens with zero attached hydrogens (tertiary/aromatic N) is 2. The quantitative estimate of drug-likeness (QED) is 0.497. The SMILES string of the molecule is O=C(Nc1nnc(-c2ccc(Cl)c(Cl)c2)s1)Nc1ccc(Cl)cc1Cl. The fourth-order valence-corrected chi connectivity index (χ4v) is 3.35. The number of nitrogens with one attached hydrogen (secondary N) is 2. The van der Waals surface area contributed by atoms with Crippen molar-refractivity contribution in [2.24, 2.45) is 0 Å². The zero-order valence-corrected chi connectivity index (χ0v) is 16.0. The summed E-state index contributed by atoms with van der Waals surface area (Å²) in [6.07, 6.45) is 0. The molecule has 3 aromatic rings. The van der Waals surface area contributed by atoms with Gasteiger partial charge in [-0.15, -0.1) is 10.2 Å². The zero-order chi connectivity index (χ0) is 18.0. The Balaban J connectivity index is 1.70. The van der Waals surface area contributed by atoms with E-state index in [-0.39, 0.29) is 0 Å². The average Bonchev–Trinajstić information content (AvgIpc) is 3.01. The Morgan fingerprint density at radius 3 is 2.40 bits per heavy atom. The first-order chi connectivity index (χ1) is 11.9. The molecule has 0 atom stereocenters. The fraction of sp³-hybridized carbons (Fsp3) is 0. The summed E-state index contributed by atoms with van der Waals surface area (Å²) in [6.45, 7) is 0. The molecule has 0 aliphatic carbocycles. The summed E-state index contributed by atoms with van der Waals surface area (Å²) in [5, 5.41) is 15.8. The first-order valence-corrected chi connectivity index (χ1v) is 9.07. The number of urea groups is 1. The molecular weight excluding hydrogens is 426 g/mol. The van der Waals surface area contributed by atoms with Crippen LogP contribution in [0.1, 0.15) is 0 Å². The first kappa shape index (κ1) is 18.2. The van der Waals surface area contributed by atoms with Crippen LogP contribution in [0.2, 0.25) is 20.1 Å². The van der Waals surface area contributed by atoms with E-state index < -0.39 is 6.03 Å². The second-order valence-corrected chi connectivity index (χ2v) is 7.38. The molecule has 10 heteroatoms. The highest BCUT2D eigenvalue weighted by Crippen LogP contribution is 2.31. The number of anilines is 2. The van der Waals surface area contributed by atoms with Crippen molar-refractivity contribution >= 4 is 74.6 Å². The minimum absolute atomic E-state index is 0.323. The van der Waals surface area contributed by atoms with Crippen molar-refractivity contribution in [2.75, 3.05) is 10.6 Å². The topological polar surface area (TPSA) is 66.9 Å². The molecule has 0 unspecified atom stereocenters. The molecule has 128 valence electrons. The lowest BCUT2D eigenvalue weighted by molar-refractivity contribution is 0.262. The number of rotatable bonds is 3. The van der Waals surface area contributed by atoms with E-state index in [2.05, 4.69) is 20.8 Å². The Morgan fingerprint density at radius 2 is 1.68 bits per heavy atom. The summed E-state index contributed by atoms with van der Waals surface area (Å²) in [5.41, 5.74) is 1.18. The van der Waals surface area contributed by atoms with Crippen molar-refractivity contribution in [1.29, 1.82) is 0 Å². The second kappa shape index (κ2) is 7.76. The van der Waals surface area contributed by atoms with Crippen LogP contribution in [0.5, 0.6) is 0 Å². The molecular formula is C15H8Cl4N4OS. The largest absolute Gasteiger partial charge is 0.325 e. The predicted octanol–water partition coefficient (Wildman–Crippen LogP) is 6.46. The van der Waals surface area contributed by atoms with E-state index >= 15 is 0 Å². The van der Waals surface area contributed by atoms with Gasteiger partial charge in [-0.2, -0.15) is 0 Å². The van der Waals surface area contributed by atoms with Gasteiger partial charge >= 0.3 is 6.03 Å². The van der Waals surface area contributed by atoms with Gasteiger partial charge in [0, 0.05) is 10.6 Å². The van der Waals surface area contributed by atoms with Crippen molar-refractivity contribution in [3.8, 4) is 10.6 Å². The van der Waals surface area contributed by atoms with Gasteiger partial charge in [0.25, 0.3) is 0 Å². The molecule has 0 saturated carbocycles. The van der Waals surface area contributed by atoms with Crippen LogP contribution in [0.25, 0.3) is 10.6 Å². The number of benzene rings is 2. The number of amides is 2. The maximum atomic E-state index is 12.1. The summed E-state index contributed by atoms with van der Waals surface area (Å²) in [4.78, 5) is 12.1. The molecule has 2 amide bonds. The normalized spacial score (nSPS) is 10.6. The van der Waals surface area contributed by atoms with Gasteiger partial charge in [0.05, 0.1) is 20.8 Å². The van der Waals surface area contributed by atoms with E-state index in [0.29, 0.717) is 35.9 Å². The van der Waals surface area contributed by atoms with Crippen LogP contribution in [0.3, 0.4) is 0 Å². The molecule has 3 rings (SSSR count). The molecule has 25 heavy (non-hydrogen) atoms. The van der Waals surface area contributed by atoms with E-state index in [1.165, 1.54) is 17.4 Å². The highest BCUT2D eigenvalue weighted by Gasteiger charge is 2.12. The number of hydrogen-bond donors (Lipinski definition) is 2. The van der Waals surface area contributed by atoms with Crippen molar-refractivity contribution < 1.29 is 4.79 Å². The molecule has 0 bridgehead atoms. The maximum Gasteiger partial charge on any atom is 0.325 e. The van der Waals surface area contributed by atoms with Crippen molar-refractivity contribution in [2.45, 2.75) is 0 Å². The van der Waals surface area contributed by atoms with Gasteiger partial charge in [0.2, 0.25) is 5.13 Å². The lowest BCUT2D eigenvalue weighted by atomic mass is 10.2. The number of carbonyl (C=O) groups excluding carboxylic acids is 1. The van der Waals surface area contributed by atoms with Crippen LogP contribution in [0.4, 0.5) is 15.6 Å². The molecule has 1 aromatic heterocycles. The Bertz CT molecular complexity index is 947. The van der Waals surface area contributed by atoms with Gasteiger partial charge < -0.3 is 5.32 Å². The van der Waals surface area contributed by atoms with Gasteiger partial charge in [-0.1, -0.05) is 63.8 Å².